The lowest BCUT2D eigenvalue weighted by molar-refractivity contribution is -0.141. The van der Waals surface area contributed by atoms with E-state index in [4.69, 9.17) is 14.9 Å². The first-order valence-corrected chi connectivity index (χ1v) is 6.52. The van der Waals surface area contributed by atoms with Crippen molar-refractivity contribution in [2.24, 2.45) is 0 Å². The van der Waals surface area contributed by atoms with Gasteiger partial charge in [0.25, 0.3) is 5.91 Å². The van der Waals surface area contributed by atoms with Gasteiger partial charge in [0, 0.05) is 12.6 Å². The minimum absolute atomic E-state index is 0.154. The van der Waals surface area contributed by atoms with Gasteiger partial charge in [0.15, 0.2) is 0 Å². The van der Waals surface area contributed by atoms with Crippen molar-refractivity contribution < 1.29 is 29.3 Å². The average molecular weight is 307 g/mol. The Morgan fingerprint density at radius 2 is 2.23 bits per heavy atom. The molecule has 22 heavy (non-hydrogen) atoms. The summed E-state index contributed by atoms with van der Waals surface area (Å²) in [7, 11) is 0. The topological polar surface area (TPSA) is 129 Å². The predicted molar refractivity (Wildman–Crippen MR) is 71.7 cm³/mol. The van der Waals surface area contributed by atoms with E-state index in [9.17, 15) is 14.4 Å². The summed E-state index contributed by atoms with van der Waals surface area (Å²) in [5.41, 5.74) is -0.367. The maximum absolute atomic E-state index is 12.4. The summed E-state index contributed by atoms with van der Waals surface area (Å²) in [6.07, 6.45) is -0.138. The normalized spacial score (nSPS) is 26.3. The van der Waals surface area contributed by atoms with Crippen molar-refractivity contribution in [3.8, 4) is 5.88 Å². The number of nitrogens with zero attached hydrogens (tertiary/aromatic N) is 2. The molecule has 1 aromatic rings. The number of rotatable bonds is 1. The number of carboxylic acid groups (broad SMARTS) is 2. The van der Waals surface area contributed by atoms with Gasteiger partial charge >= 0.3 is 12.1 Å². The Balaban J connectivity index is 1.97. The van der Waals surface area contributed by atoms with E-state index in [1.165, 1.54) is 0 Å². The number of pyridine rings is 1. The highest BCUT2D eigenvalue weighted by atomic mass is 16.5. The van der Waals surface area contributed by atoms with Gasteiger partial charge in [-0.05, 0) is 18.6 Å². The average Bonchev–Trinajstić information content (AvgIpc) is 2.82. The number of aryl methyl sites for hydroxylation is 1. The lowest BCUT2D eigenvalue weighted by Crippen LogP contribution is -2.53. The van der Waals surface area contributed by atoms with Gasteiger partial charge in [-0.1, -0.05) is 0 Å². The van der Waals surface area contributed by atoms with Gasteiger partial charge in [-0.2, -0.15) is 0 Å². The molecule has 0 saturated carbocycles. The van der Waals surface area contributed by atoms with Crippen LogP contribution in [0.5, 0.6) is 5.88 Å². The van der Waals surface area contributed by atoms with E-state index in [0.29, 0.717) is 10.6 Å². The Bertz CT molecular complexity index is 666. The number of hydrogen-bond donors (Lipinski definition) is 3. The molecule has 0 aromatic carbocycles. The summed E-state index contributed by atoms with van der Waals surface area (Å²) in [6, 6.07) is 0.335. The molecule has 2 atom stereocenters. The molecule has 1 aromatic heterocycles. The minimum Gasteiger partial charge on any atom is -0.480 e. The number of anilines is 1. The van der Waals surface area contributed by atoms with E-state index in [0.717, 1.165) is 5.56 Å². The number of fused-ring (bicyclic) bond motifs is 1. The van der Waals surface area contributed by atoms with E-state index >= 15 is 0 Å². The van der Waals surface area contributed by atoms with Crippen molar-refractivity contribution in [2.45, 2.75) is 25.0 Å². The quantitative estimate of drug-likeness (QED) is 0.680. The number of carboxylic acids is 1. The molecule has 2 aliphatic rings. The first-order valence-electron chi connectivity index (χ1n) is 6.52. The standard InChI is InChI=1S/C13H13N3O6/c1-6-2-7-9(14-4-6)22-13(11(19)15-7)3-8(10(17)18)16(5-13)12(20)21/h2,4,8H,3,5H2,1H3,(H,15,19)(H,17,18)(H,20,21)/t8-,13?/m0/s1. The molecular formula is C13H13N3O6. The molecule has 9 nitrogen and oxygen atoms in total. The Kier molecular flexibility index (Phi) is 2.94. The van der Waals surface area contributed by atoms with E-state index < -0.39 is 29.6 Å². The molecule has 9 heteroatoms. The number of nitrogens with one attached hydrogen (secondary N) is 1. The highest BCUT2D eigenvalue weighted by Gasteiger charge is 2.57. The van der Waals surface area contributed by atoms with Gasteiger partial charge < -0.3 is 20.3 Å². The number of carbonyl (C=O) groups is 3. The highest BCUT2D eigenvalue weighted by Crippen LogP contribution is 2.39. The molecular weight excluding hydrogens is 294 g/mol. The fourth-order valence-corrected chi connectivity index (χ4v) is 2.73. The van der Waals surface area contributed by atoms with Crippen molar-refractivity contribution in [3.63, 3.8) is 0 Å². The van der Waals surface area contributed by atoms with Gasteiger partial charge in [0.05, 0.1) is 6.54 Å². The van der Waals surface area contributed by atoms with Crippen LogP contribution >= 0.6 is 0 Å². The van der Waals surface area contributed by atoms with Crippen molar-refractivity contribution >= 4 is 23.7 Å². The van der Waals surface area contributed by atoms with Crippen LogP contribution in [0.1, 0.15) is 12.0 Å². The van der Waals surface area contributed by atoms with Gasteiger partial charge in [0.2, 0.25) is 11.5 Å². The van der Waals surface area contributed by atoms with Crippen molar-refractivity contribution in [1.29, 1.82) is 0 Å². The Hall–Kier alpha value is -2.84. The number of ether oxygens (including phenoxy) is 1. The predicted octanol–water partition coefficient (Wildman–Crippen LogP) is 0.297. The molecule has 116 valence electrons. The second-order valence-electron chi connectivity index (χ2n) is 5.38. The lowest BCUT2D eigenvalue weighted by Gasteiger charge is -2.33. The Morgan fingerprint density at radius 3 is 2.82 bits per heavy atom. The molecule has 0 bridgehead atoms. The summed E-state index contributed by atoms with van der Waals surface area (Å²) in [5.74, 6) is -1.73. The van der Waals surface area contributed by atoms with E-state index in [1.54, 1.807) is 19.2 Å². The molecule has 2 aliphatic heterocycles. The van der Waals surface area contributed by atoms with Gasteiger partial charge in [-0.15, -0.1) is 0 Å². The van der Waals surface area contributed by atoms with Crippen molar-refractivity contribution in [2.75, 3.05) is 11.9 Å². The number of likely N-dealkylation sites (tertiary alicyclic amines) is 1. The summed E-state index contributed by atoms with van der Waals surface area (Å²) in [4.78, 5) is 39.5. The highest BCUT2D eigenvalue weighted by molar-refractivity contribution is 6.02. The number of carbonyl (C=O) groups excluding carboxylic acids is 1. The molecule has 1 fully saturated rings. The first kappa shape index (κ1) is 14.1. The van der Waals surface area contributed by atoms with E-state index in [1.807, 2.05) is 0 Å². The fraction of sp³-hybridized carbons (Fsp3) is 0.385. The molecule has 1 spiro atoms. The van der Waals surface area contributed by atoms with Crippen LogP contribution in [0.4, 0.5) is 10.5 Å². The zero-order chi connectivity index (χ0) is 16.1. The fourth-order valence-electron chi connectivity index (χ4n) is 2.73. The molecule has 3 heterocycles. The third-order valence-electron chi connectivity index (χ3n) is 3.80. The van der Waals surface area contributed by atoms with Gasteiger partial charge in [-0.25, -0.2) is 14.6 Å². The maximum Gasteiger partial charge on any atom is 0.408 e. The monoisotopic (exact) mass is 307 g/mol. The molecule has 3 N–H and O–H groups in total. The second kappa shape index (κ2) is 4.58. The smallest absolute Gasteiger partial charge is 0.408 e. The molecule has 0 aliphatic carbocycles. The molecule has 1 saturated heterocycles. The van der Waals surface area contributed by atoms with E-state index in [-0.39, 0.29) is 18.8 Å². The largest absolute Gasteiger partial charge is 0.480 e. The number of aromatic nitrogens is 1. The van der Waals surface area contributed by atoms with Gasteiger partial charge in [0.1, 0.15) is 11.7 Å². The number of hydrogen-bond acceptors (Lipinski definition) is 5. The zero-order valence-corrected chi connectivity index (χ0v) is 11.6. The van der Waals surface area contributed by atoms with Crippen LogP contribution in [0, 0.1) is 6.92 Å². The van der Waals surface area contributed by atoms with Crippen LogP contribution in [0.3, 0.4) is 0 Å². The zero-order valence-electron chi connectivity index (χ0n) is 11.6. The van der Waals surface area contributed by atoms with Crippen LogP contribution in [-0.4, -0.2) is 56.3 Å². The summed E-state index contributed by atoms with van der Waals surface area (Å²) in [6.45, 7) is 1.44. The summed E-state index contributed by atoms with van der Waals surface area (Å²) < 4.78 is 5.62. The molecule has 2 amide bonds. The number of aliphatic carboxylic acids is 1. The van der Waals surface area contributed by atoms with Crippen LogP contribution < -0.4 is 10.1 Å². The third-order valence-corrected chi connectivity index (χ3v) is 3.80. The Morgan fingerprint density at radius 1 is 1.50 bits per heavy atom. The number of amides is 2. The minimum atomic E-state index is -1.57. The van der Waals surface area contributed by atoms with Crippen LogP contribution in [0.15, 0.2) is 12.3 Å². The molecule has 3 rings (SSSR count). The van der Waals surface area contributed by atoms with Crippen molar-refractivity contribution in [3.05, 3.63) is 17.8 Å². The van der Waals surface area contributed by atoms with Gasteiger partial charge in [-0.3, -0.25) is 9.69 Å². The third kappa shape index (κ3) is 2.01. The maximum atomic E-state index is 12.4. The molecule has 1 unspecified atom stereocenters. The Labute approximate surface area is 124 Å². The lowest BCUT2D eigenvalue weighted by atomic mass is 9.97. The SMILES string of the molecule is Cc1cnc2c(c1)NC(=O)C1(C[C@@H](C(=O)O)N(C(=O)O)C1)O2. The summed E-state index contributed by atoms with van der Waals surface area (Å²) >= 11 is 0. The molecule has 0 radical (unpaired) electrons. The second-order valence-corrected chi connectivity index (χ2v) is 5.38. The first-order chi connectivity index (χ1) is 10.3. The van der Waals surface area contributed by atoms with Crippen LogP contribution in [-0.2, 0) is 9.59 Å². The van der Waals surface area contributed by atoms with E-state index in [2.05, 4.69) is 10.3 Å². The van der Waals surface area contributed by atoms with Crippen LogP contribution in [0.25, 0.3) is 0 Å². The van der Waals surface area contributed by atoms with Crippen LogP contribution in [0.2, 0.25) is 0 Å². The van der Waals surface area contributed by atoms with Crippen molar-refractivity contribution in [1.82, 2.24) is 9.88 Å². The summed E-state index contributed by atoms with van der Waals surface area (Å²) in [5, 5.41) is 20.9.